The Balaban J connectivity index is 1.68. The molecule has 1 aliphatic heterocycles. The molecular weight excluding hydrogens is 342 g/mol. The molecule has 5 nitrogen and oxygen atoms in total. The van der Waals surface area contributed by atoms with E-state index >= 15 is 0 Å². The zero-order valence-corrected chi connectivity index (χ0v) is 15.5. The van der Waals surface area contributed by atoms with Gasteiger partial charge in [-0.1, -0.05) is 19.1 Å². The van der Waals surface area contributed by atoms with Crippen LogP contribution in [0.1, 0.15) is 24.8 Å². The van der Waals surface area contributed by atoms with Crippen molar-refractivity contribution < 1.29 is 9.59 Å². The number of aromatic nitrogens is 1. The van der Waals surface area contributed by atoms with Crippen LogP contribution < -0.4 is 0 Å². The Labute approximate surface area is 150 Å². The Morgan fingerprint density at radius 2 is 2.17 bits per heavy atom. The van der Waals surface area contributed by atoms with E-state index in [1.165, 1.54) is 0 Å². The van der Waals surface area contributed by atoms with Crippen LogP contribution in [0.15, 0.2) is 24.3 Å². The van der Waals surface area contributed by atoms with Gasteiger partial charge in [-0.05, 0) is 18.6 Å². The number of hydrogen-bond donors (Lipinski definition) is 0. The van der Waals surface area contributed by atoms with E-state index in [2.05, 4.69) is 4.98 Å². The quantitative estimate of drug-likeness (QED) is 0.820. The van der Waals surface area contributed by atoms with Crippen molar-refractivity contribution in [2.24, 2.45) is 0 Å². The van der Waals surface area contributed by atoms with E-state index in [0.29, 0.717) is 24.6 Å². The Morgan fingerprint density at radius 1 is 1.38 bits per heavy atom. The Hall–Kier alpha value is -1.60. The minimum Gasteiger partial charge on any atom is -0.337 e. The van der Waals surface area contributed by atoms with Gasteiger partial charge in [0.1, 0.15) is 11.0 Å². The van der Waals surface area contributed by atoms with Crippen LogP contribution in [0.5, 0.6) is 0 Å². The SMILES string of the molecule is CCCC(=O)N1CSCC1C(=O)N(C)Cc1nc2ccccc2s1. The minimum atomic E-state index is -0.339. The number of amides is 2. The van der Waals surface area contributed by atoms with Gasteiger partial charge in [0.05, 0.1) is 22.6 Å². The first-order valence-electron chi connectivity index (χ1n) is 8.06. The van der Waals surface area contributed by atoms with Gasteiger partial charge in [0.25, 0.3) is 0 Å². The molecule has 128 valence electrons. The summed E-state index contributed by atoms with van der Waals surface area (Å²) in [6.07, 6.45) is 1.31. The summed E-state index contributed by atoms with van der Waals surface area (Å²) in [5, 5.41) is 0.920. The molecule has 1 unspecified atom stereocenters. The number of benzene rings is 1. The standard InChI is InChI=1S/C17H21N3O2S2/c1-3-6-16(21)20-11-23-10-13(20)17(22)19(2)9-15-18-12-7-4-5-8-14(12)24-15/h4-5,7-8,13H,3,6,9-11H2,1-2H3. The summed E-state index contributed by atoms with van der Waals surface area (Å²) < 4.78 is 1.13. The summed E-state index contributed by atoms with van der Waals surface area (Å²) >= 11 is 3.25. The summed E-state index contributed by atoms with van der Waals surface area (Å²) in [7, 11) is 1.79. The maximum Gasteiger partial charge on any atom is 0.246 e. The van der Waals surface area contributed by atoms with Gasteiger partial charge in [0.15, 0.2) is 0 Å². The van der Waals surface area contributed by atoms with E-state index in [0.717, 1.165) is 21.6 Å². The molecule has 1 aromatic carbocycles. The number of hydrogen-bond acceptors (Lipinski definition) is 5. The molecule has 0 N–H and O–H groups in total. The predicted molar refractivity (Wildman–Crippen MR) is 99.0 cm³/mol. The molecule has 1 aliphatic rings. The zero-order valence-electron chi connectivity index (χ0n) is 13.9. The fourth-order valence-electron chi connectivity index (χ4n) is 2.77. The lowest BCUT2D eigenvalue weighted by Gasteiger charge is -2.27. The van der Waals surface area contributed by atoms with Gasteiger partial charge in [-0.15, -0.1) is 23.1 Å². The number of carbonyl (C=O) groups excluding carboxylic acids is 2. The summed E-state index contributed by atoms with van der Waals surface area (Å²) in [5.41, 5.74) is 0.967. The van der Waals surface area contributed by atoms with Crippen molar-refractivity contribution in [2.45, 2.75) is 32.4 Å². The van der Waals surface area contributed by atoms with Crippen LogP contribution in [0.25, 0.3) is 10.2 Å². The minimum absolute atomic E-state index is 0.00343. The third-order valence-electron chi connectivity index (χ3n) is 4.04. The molecule has 1 aromatic heterocycles. The Kier molecular flexibility index (Phi) is 5.40. The Morgan fingerprint density at radius 3 is 2.92 bits per heavy atom. The number of rotatable bonds is 5. The molecule has 24 heavy (non-hydrogen) atoms. The molecule has 2 heterocycles. The molecule has 0 aliphatic carbocycles. The van der Waals surface area contributed by atoms with Crippen molar-refractivity contribution >= 4 is 45.1 Å². The maximum atomic E-state index is 12.8. The monoisotopic (exact) mass is 363 g/mol. The van der Waals surface area contributed by atoms with Crippen LogP contribution in [0.2, 0.25) is 0 Å². The van der Waals surface area contributed by atoms with Crippen molar-refractivity contribution in [3.05, 3.63) is 29.3 Å². The van der Waals surface area contributed by atoms with Crippen molar-refractivity contribution in [2.75, 3.05) is 18.7 Å². The predicted octanol–water partition coefficient (Wildman–Crippen LogP) is 2.96. The van der Waals surface area contributed by atoms with Crippen molar-refractivity contribution in [3.63, 3.8) is 0 Å². The van der Waals surface area contributed by atoms with E-state index in [1.807, 2.05) is 31.2 Å². The zero-order chi connectivity index (χ0) is 17.1. The highest BCUT2D eigenvalue weighted by Crippen LogP contribution is 2.25. The van der Waals surface area contributed by atoms with Crippen molar-refractivity contribution in [3.8, 4) is 0 Å². The lowest BCUT2D eigenvalue weighted by Crippen LogP contribution is -2.47. The van der Waals surface area contributed by atoms with Crippen molar-refractivity contribution in [1.82, 2.24) is 14.8 Å². The molecule has 0 bridgehead atoms. The molecule has 2 amide bonds. The van der Waals surface area contributed by atoms with Gasteiger partial charge >= 0.3 is 0 Å². The first-order valence-corrected chi connectivity index (χ1v) is 10.0. The molecule has 1 saturated heterocycles. The summed E-state index contributed by atoms with van der Waals surface area (Å²) in [6, 6.07) is 7.64. The van der Waals surface area contributed by atoms with Crippen LogP contribution in [0.3, 0.4) is 0 Å². The van der Waals surface area contributed by atoms with Crippen LogP contribution >= 0.6 is 23.1 Å². The van der Waals surface area contributed by atoms with E-state index in [1.54, 1.807) is 39.9 Å². The molecule has 1 atom stereocenters. The first kappa shape index (κ1) is 17.2. The van der Waals surface area contributed by atoms with Gasteiger partial charge in [0, 0.05) is 19.2 Å². The van der Waals surface area contributed by atoms with Crippen LogP contribution in [-0.2, 0) is 16.1 Å². The molecule has 1 fully saturated rings. The Bertz CT molecular complexity index is 713. The summed E-state index contributed by atoms with van der Waals surface area (Å²) in [6.45, 7) is 2.46. The van der Waals surface area contributed by atoms with Gasteiger partial charge < -0.3 is 9.80 Å². The van der Waals surface area contributed by atoms with Gasteiger partial charge in [-0.2, -0.15) is 0 Å². The third kappa shape index (κ3) is 3.57. The topological polar surface area (TPSA) is 53.5 Å². The average molecular weight is 364 g/mol. The number of thiazole rings is 1. The molecule has 0 spiro atoms. The fraction of sp³-hybridized carbons (Fsp3) is 0.471. The fourth-order valence-corrected chi connectivity index (χ4v) is 4.97. The molecule has 0 saturated carbocycles. The number of para-hydroxylation sites is 1. The molecule has 7 heteroatoms. The number of fused-ring (bicyclic) bond motifs is 1. The van der Waals surface area contributed by atoms with E-state index in [4.69, 9.17) is 0 Å². The number of likely N-dealkylation sites (N-methyl/N-ethyl adjacent to an activating group) is 1. The van der Waals surface area contributed by atoms with Crippen LogP contribution in [0.4, 0.5) is 0 Å². The molecule has 3 rings (SSSR count). The number of thioether (sulfide) groups is 1. The van der Waals surface area contributed by atoms with Gasteiger partial charge in [-0.3, -0.25) is 9.59 Å². The van der Waals surface area contributed by atoms with E-state index < -0.39 is 0 Å². The first-order chi connectivity index (χ1) is 11.6. The van der Waals surface area contributed by atoms with Crippen molar-refractivity contribution in [1.29, 1.82) is 0 Å². The summed E-state index contributed by atoms with van der Waals surface area (Å²) in [4.78, 5) is 33.0. The van der Waals surface area contributed by atoms with E-state index in [-0.39, 0.29) is 17.9 Å². The highest BCUT2D eigenvalue weighted by atomic mass is 32.2. The number of nitrogens with zero attached hydrogens (tertiary/aromatic N) is 3. The highest BCUT2D eigenvalue weighted by molar-refractivity contribution is 7.99. The van der Waals surface area contributed by atoms with Crippen LogP contribution in [0, 0.1) is 0 Å². The smallest absolute Gasteiger partial charge is 0.246 e. The second-order valence-electron chi connectivity index (χ2n) is 5.90. The van der Waals surface area contributed by atoms with Gasteiger partial charge in [0.2, 0.25) is 11.8 Å². The van der Waals surface area contributed by atoms with Crippen LogP contribution in [-0.4, -0.2) is 51.3 Å². The lowest BCUT2D eigenvalue weighted by atomic mass is 10.2. The lowest BCUT2D eigenvalue weighted by molar-refractivity contribution is -0.142. The molecule has 2 aromatic rings. The normalized spacial score (nSPS) is 17.4. The highest BCUT2D eigenvalue weighted by Gasteiger charge is 2.35. The van der Waals surface area contributed by atoms with E-state index in [9.17, 15) is 9.59 Å². The maximum absolute atomic E-state index is 12.8. The molecule has 0 radical (unpaired) electrons. The second-order valence-corrected chi connectivity index (χ2v) is 8.01. The average Bonchev–Trinajstić information content (AvgIpc) is 3.20. The largest absolute Gasteiger partial charge is 0.337 e. The van der Waals surface area contributed by atoms with Gasteiger partial charge in [-0.25, -0.2) is 4.98 Å². The second kappa shape index (κ2) is 7.53. The number of carbonyl (C=O) groups is 2. The molecular formula is C17H21N3O2S2. The summed E-state index contributed by atoms with van der Waals surface area (Å²) in [5.74, 6) is 1.38. The third-order valence-corrected chi connectivity index (χ3v) is 6.07.